The van der Waals surface area contributed by atoms with Crippen LogP contribution in [0.4, 0.5) is 4.39 Å². The van der Waals surface area contributed by atoms with Crippen LogP contribution in [-0.2, 0) is 0 Å². The van der Waals surface area contributed by atoms with E-state index in [0.29, 0.717) is 22.8 Å². The molecule has 4 rings (SSSR count). The third-order valence-corrected chi connectivity index (χ3v) is 4.10. The van der Waals surface area contributed by atoms with Crippen LogP contribution in [0, 0.1) is 19.7 Å². The molecule has 0 aliphatic carbocycles. The molecule has 3 aromatic heterocycles. The first kappa shape index (κ1) is 16.1. The topological polar surface area (TPSA) is 65.2 Å². The van der Waals surface area contributed by atoms with Crippen LogP contribution in [0.5, 0.6) is 5.75 Å². The zero-order chi connectivity index (χ0) is 18.3. The van der Waals surface area contributed by atoms with Gasteiger partial charge in [-0.2, -0.15) is 0 Å². The van der Waals surface area contributed by atoms with Gasteiger partial charge in [-0.1, -0.05) is 0 Å². The summed E-state index contributed by atoms with van der Waals surface area (Å²) in [5, 5.41) is 5.23. The van der Waals surface area contributed by atoms with Crippen LogP contribution in [0.3, 0.4) is 0 Å². The number of aryl methyl sites for hydroxylation is 2. The molecule has 0 saturated heterocycles. The highest BCUT2D eigenvalue weighted by atomic mass is 19.1. The van der Waals surface area contributed by atoms with Crippen molar-refractivity contribution in [2.45, 2.75) is 13.8 Å². The first-order chi connectivity index (χ1) is 12.5. The smallest absolute Gasteiger partial charge is 0.177 e. The monoisotopic (exact) mass is 349 g/mol. The summed E-state index contributed by atoms with van der Waals surface area (Å²) in [6.45, 7) is 3.81. The lowest BCUT2D eigenvalue weighted by molar-refractivity contribution is 0.419. The van der Waals surface area contributed by atoms with Gasteiger partial charge in [0.15, 0.2) is 11.5 Å². The minimum absolute atomic E-state index is 0.339. The Balaban J connectivity index is 1.77. The first-order valence-corrected chi connectivity index (χ1v) is 8.06. The fourth-order valence-electron chi connectivity index (χ4n) is 2.78. The summed E-state index contributed by atoms with van der Waals surface area (Å²) in [5.74, 6) is 0.839. The highest BCUT2D eigenvalue weighted by Crippen LogP contribution is 2.26. The Kier molecular flexibility index (Phi) is 3.84. The van der Waals surface area contributed by atoms with Crippen molar-refractivity contribution in [3.63, 3.8) is 0 Å². The fraction of sp³-hybridized carbons (Fsp3) is 0.158. The van der Waals surface area contributed by atoms with Crippen molar-refractivity contribution in [3.05, 3.63) is 59.2 Å². The predicted molar refractivity (Wildman–Crippen MR) is 97.4 cm³/mol. The van der Waals surface area contributed by atoms with Gasteiger partial charge in [-0.25, -0.2) is 18.9 Å². The summed E-state index contributed by atoms with van der Waals surface area (Å²) in [6, 6.07) is 6.23. The summed E-state index contributed by atoms with van der Waals surface area (Å²) in [5.41, 5.74) is 3.59. The summed E-state index contributed by atoms with van der Waals surface area (Å²) < 4.78 is 20.7. The molecule has 0 unspecified atom stereocenters. The first-order valence-electron chi connectivity index (χ1n) is 8.06. The third-order valence-electron chi connectivity index (χ3n) is 4.10. The zero-order valence-corrected chi connectivity index (χ0v) is 14.6. The Labute approximate surface area is 149 Å². The van der Waals surface area contributed by atoms with Gasteiger partial charge in [0.2, 0.25) is 0 Å². The van der Waals surface area contributed by atoms with Crippen molar-refractivity contribution < 1.29 is 9.13 Å². The van der Waals surface area contributed by atoms with E-state index in [-0.39, 0.29) is 5.82 Å². The molecule has 0 saturated carbocycles. The Morgan fingerprint density at radius 3 is 2.73 bits per heavy atom. The van der Waals surface area contributed by atoms with E-state index < -0.39 is 0 Å². The third kappa shape index (κ3) is 2.77. The molecule has 3 heterocycles. The van der Waals surface area contributed by atoms with Gasteiger partial charge in [-0.3, -0.25) is 4.98 Å². The van der Waals surface area contributed by atoms with E-state index in [0.717, 1.165) is 22.4 Å². The standard InChI is InChI=1S/C19H16FN5O/c1-11-10-21-12(2)19-23-18(24-25(11)19)7-5-14-9-17(26-3)15-6-4-13(20)8-16(15)22-14/h4-10H,1-3H3/b7-5+. The van der Waals surface area contributed by atoms with Crippen molar-refractivity contribution in [1.29, 1.82) is 0 Å². The van der Waals surface area contributed by atoms with Crippen molar-refractivity contribution >= 4 is 28.7 Å². The van der Waals surface area contributed by atoms with Gasteiger partial charge >= 0.3 is 0 Å². The Morgan fingerprint density at radius 1 is 1.12 bits per heavy atom. The quantitative estimate of drug-likeness (QED) is 0.565. The molecule has 0 fully saturated rings. The number of hydrogen-bond donors (Lipinski definition) is 0. The SMILES string of the molecule is COc1cc(/C=C/c2nc3c(C)ncc(C)n3n2)nc2cc(F)ccc12. The highest BCUT2D eigenvalue weighted by Gasteiger charge is 2.08. The van der Waals surface area contributed by atoms with Gasteiger partial charge < -0.3 is 4.74 Å². The van der Waals surface area contributed by atoms with Crippen molar-refractivity contribution in [2.24, 2.45) is 0 Å². The maximum atomic E-state index is 13.5. The average molecular weight is 349 g/mol. The molecule has 0 aliphatic heterocycles. The second kappa shape index (κ2) is 6.18. The number of fused-ring (bicyclic) bond motifs is 2. The van der Waals surface area contributed by atoms with Crippen LogP contribution < -0.4 is 4.74 Å². The second-order valence-electron chi connectivity index (χ2n) is 5.93. The molecule has 7 heteroatoms. The number of benzene rings is 1. The summed E-state index contributed by atoms with van der Waals surface area (Å²) in [6.07, 6.45) is 5.30. The zero-order valence-electron chi connectivity index (χ0n) is 14.6. The molecule has 26 heavy (non-hydrogen) atoms. The molecule has 0 N–H and O–H groups in total. The van der Waals surface area contributed by atoms with Crippen molar-refractivity contribution in [3.8, 4) is 5.75 Å². The van der Waals surface area contributed by atoms with Crippen LogP contribution in [0.25, 0.3) is 28.7 Å². The Hall–Kier alpha value is -3.35. The minimum atomic E-state index is -0.339. The molecule has 6 nitrogen and oxygen atoms in total. The van der Waals surface area contributed by atoms with Crippen molar-refractivity contribution in [2.75, 3.05) is 7.11 Å². The molecule has 0 bridgehead atoms. The van der Waals surface area contributed by atoms with Crippen LogP contribution >= 0.6 is 0 Å². The molecular formula is C19H16FN5O. The second-order valence-corrected chi connectivity index (χ2v) is 5.93. The molecule has 0 atom stereocenters. The Morgan fingerprint density at radius 2 is 1.96 bits per heavy atom. The molecule has 0 radical (unpaired) electrons. The van der Waals surface area contributed by atoms with Gasteiger partial charge in [0, 0.05) is 23.7 Å². The number of rotatable bonds is 3. The number of ether oxygens (including phenoxy) is 1. The number of aromatic nitrogens is 5. The molecule has 1 aromatic carbocycles. The number of methoxy groups -OCH3 is 1. The normalized spacial score (nSPS) is 11.7. The van der Waals surface area contributed by atoms with Crippen LogP contribution in [0.15, 0.2) is 30.5 Å². The van der Waals surface area contributed by atoms with E-state index in [4.69, 9.17) is 4.74 Å². The van der Waals surface area contributed by atoms with Crippen LogP contribution in [0.1, 0.15) is 22.9 Å². The van der Waals surface area contributed by atoms with Gasteiger partial charge in [-0.15, -0.1) is 5.10 Å². The largest absolute Gasteiger partial charge is 0.496 e. The van der Waals surface area contributed by atoms with E-state index in [9.17, 15) is 4.39 Å². The molecule has 0 aliphatic rings. The summed E-state index contributed by atoms with van der Waals surface area (Å²) in [7, 11) is 1.58. The lowest BCUT2D eigenvalue weighted by Gasteiger charge is -2.06. The van der Waals surface area contributed by atoms with Gasteiger partial charge in [-0.05, 0) is 38.1 Å². The lowest BCUT2D eigenvalue weighted by atomic mass is 10.1. The van der Waals surface area contributed by atoms with Gasteiger partial charge in [0.1, 0.15) is 11.6 Å². The van der Waals surface area contributed by atoms with Gasteiger partial charge in [0.05, 0.1) is 29.7 Å². The van der Waals surface area contributed by atoms with Crippen LogP contribution in [-0.4, -0.2) is 31.7 Å². The number of hydrogen-bond acceptors (Lipinski definition) is 5. The fourth-order valence-corrected chi connectivity index (χ4v) is 2.78. The molecule has 0 amide bonds. The predicted octanol–water partition coefficient (Wildman–Crippen LogP) is 3.61. The minimum Gasteiger partial charge on any atom is -0.496 e. The molecule has 4 aromatic rings. The van der Waals surface area contributed by atoms with Gasteiger partial charge in [0.25, 0.3) is 0 Å². The van der Waals surface area contributed by atoms with Crippen molar-refractivity contribution in [1.82, 2.24) is 24.6 Å². The molecule has 130 valence electrons. The number of nitrogens with zero attached hydrogens (tertiary/aromatic N) is 5. The average Bonchev–Trinajstić information content (AvgIpc) is 3.07. The molecule has 0 spiro atoms. The molecular weight excluding hydrogens is 333 g/mol. The van der Waals surface area contributed by atoms with E-state index in [2.05, 4.69) is 20.1 Å². The number of pyridine rings is 1. The van der Waals surface area contributed by atoms with E-state index in [1.165, 1.54) is 12.1 Å². The lowest BCUT2D eigenvalue weighted by Crippen LogP contribution is -1.97. The maximum Gasteiger partial charge on any atom is 0.177 e. The van der Waals surface area contributed by atoms with E-state index in [1.54, 1.807) is 42.1 Å². The summed E-state index contributed by atoms with van der Waals surface area (Å²) in [4.78, 5) is 13.2. The van der Waals surface area contributed by atoms with Crippen LogP contribution in [0.2, 0.25) is 0 Å². The number of halogens is 1. The summed E-state index contributed by atoms with van der Waals surface area (Å²) >= 11 is 0. The Bertz CT molecular complexity index is 1130. The van der Waals surface area contributed by atoms with E-state index in [1.807, 2.05) is 13.8 Å². The highest BCUT2D eigenvalue weighted by molar-refractivity contribution is 5.87. The van der Waals surface area contributed by atoms with E-state index >= 15 is 0 Å². The maximum absolute atomic E-state index is 13.5.